The summed E-state index contributed by atoms with van der Waals surface area (Å²) in [5, 5.41) is 1.07. The first-order valence-electron chi connectivity index (χ1n) is 6.56. The fourth-order valence-electron chi connectivity index (χ4n) is 2.28. The van der Waals surface area contributed by atoms with Crippen LogP contribution < -0.4 is 11.2 Å². The summed E-state index contributed by atoms with van der Waals surface area (Å²) < 4.78 is 5.86. The van der Waals surface area contributed by atoms with Gasteiger partial charge in [0.25, 0.3) is 0 Å². The molecule has 0 aliphatic rings. The second kappa shape index (κ2) is 4.93. The van der Waals surface area contributed by atoms with Gasteiger partial charge in [-0.1, -0.05) is 11.6 Å². The van der Waals surface area contributed by atoms with Gasteiger partial charge in [-0.2, -0.15) is 0 Å². The Balaban J connectivity index is 2.32. The molecule has 0 aliphatic carbocycles. The van der Waals surface area contributed by atoms with Crippen LogP contribution >= 0.6 is 11.6 Å². The lowest BCUT2D eigenvalue weighted by Gasteiger charge is -2.08. The van der Waals surface area contributed by atoms with Crippen molar-refractivity contribution in [3.63, 3.8) is 0 Å². The van der Waals surface area contributed by atoms with E-state index in [0.717, 1.165) is 11.1 Å². The van der Waals surface area contributed by atoms with E-state index in [9.17, 15) is 4.79 Å². The second-order valence-electron chi connectivity index (χ2n) is 5.15. The molecule has 2 N–H and O–H groups in total. The summed E-state index contributed by atoms with van der Waals surface area (Å²) in [5.74, 6) is 0.424. The summed E-state index contributed by atoms with van der Waals surface area (Å²) in [4.78, 5) is 12.3. The average molecular weight is 300 g/mol. The third-order valence-electron chi connectivity index (χ3n) is 3.60. The van der Waals surface area contributed by atoms with Crippen LogP contribution in [0.3, 0.4) is 0 Å². The first-order chi connectivity index (χ1) is 9.95. The van der Waals surface area contributed by atoms with Crippen molar-refractivity contribution in [1.82, 2.24) is 0 Å². The van der Waals surface area contributed by atoms with Crippen LogP contribution in [0.1, 0.15) is 11.1 Å². The monoisotopic (exact) mass is 299 g/mol. The number of nitrogen functional groups attached to an aromatic ring is 1. The third kappa shape index (κ3) is 2.41. The van der Waals surface area contributed by atoms with Crippen LogP contribution in [0.5, 0.6) is 0 Å². The molecule has 1 aromatic heterocycles. The number of fused-ring (bicyclic) bond motifs is 1. The molecule has 4 heteroatoms. The molecule has 0 aliphatic heterocycles. The molecule has 2 aromatic carbocycles. The highest BCUT2D eigenvalue weighted by Crippen LogP contribution is 2.31. The zero-order valence-electron chi connectivity index (χ0n) is 11.7. The summed E-state index contributed by atoms with van der Waals surface area (Å²) in [6.07, 6.45) is 0. The van der Waals surface area contributed by atoms with Crippen LogP contribution in [0.4, 0.5) is 5.69 Å². The maximum atomic E-state index is 12.3. The highest BCUT2D eigenvalue weighted by atomic mass is 35.5. The summed E-state index contributed by atoms with van der Waals surface area (Å²) in [5.41, 5.74) is 9.56. The van der Waals surface area contributed by atoms with E-state index in [0.29, 0.717) is 33.0 Å². The molecule has 0 saturated carbocycles. The number of nitrogens with two attached hydrogens (primary N) is 1. The van der Waals surface area contributed by atoms with Crippen molar-refractivity contribution < 1.29 is 4.42 Å². The molecule has 0 radical (unpaired) electrons. The molecule has 21 heavy (non-hydrogen) atoms. The molecule has 106 valence electrons. The summed E-state index contributed by atoms with van der Waals surface area (Å²) in [6, 6.07) is 10.3. The number of aryl methyl sites for hydroxylation is 2. The topological polar surface area (TPSA) is 56.2 Å². The van der Waals surface area contributed by atoms with Gasteiger partial charge < -0.3 is 10.2 Å². The Labute approximate surface area is 127 Å². The van der Waals surface area contributed by atoms with Gasteiger partial charge in [0.2, 0.25) is 0 Å². The quantitative estimate of drug-likeness (QED) is 0.681. The van der Waals surface area contributed by atoms with E-state index in [1.165, 1.54) is 6.07 Å². The zero-order valence-corrected chi connectivity index (χ0v) is 12.5. The molecule has 0 spiro atoms. The molecule has 1 heterocycles. The van der Waals surface area contributed by atoms with E-state index in [2.05, 4.69) is 0 Å². The second-order valence-corrected chi connectivity index (χ2v) is 5.55. The van der Waals surface area contributed by atoms with Gasteiger partial charge in [0, 0.05) is 17.3 Å². The predicted octanol–water partition coefficient (Wildman–Crippen LogP) is 4.31. The molecule has 0 fully saturated rings. The molecule has 3 nitrogen and oxygen atoms in total. The molecule has 0 unspecified atom stereocenters. The fraction of sp³-hybridized carbons (Fsp3) is 0.118. The zero-order chi connectivity index (χ0) is 15.1. The van der Waals surface area contributed by atoms with Crippen molar-refractivity contribution >= 4 is 28.3 Å². The van der Waals surface area contributed by atoms with Crippen LogP contribution in [-0.2, 0) is 0 Å². The molecule has 0 amide bonds. The lowest BCUT2D eigenvalue weighted by molar-refractivity contribution is 0.618. The first kappa shape index (κ1) is 13.7. The first-order valence-corrected chi connectivity index (χ1v) is 6.94. The molecule has 3 aromatic rings. The van der Waals surface area contributed by atoms with E-state index < -0.39 is 0 Å². The summed E-state index contributed by atoms with van der Waals surface area (Å²) in [6.45, 7) is 3.95. The van der Waals surface area contributed by atoms with Gasteiger partial charge in [-0.15, -0.1) is 0 Å². The third-order valence-corrected chi connectivity index (χ3v) is 3.93. The normalized spacial score (nSPS) is 11.0. The van der Waals surface area contributed by atoms with Gasteiger partial charge in [-0.05, 0) is 55.3 Å². The Hall–Kier alpha value is -2.26. The van der Waals surface area contributed by atoms with Crippen LogP contribution in [0.2, 0.25) is 5.02 Å². The SMILES string of the molecule is Cc1cc2oc(-c3cc(N)ccc3Cl)cc(=O)c2cc1C. The minimum Gasteiger partial charge on any atom is -0.456 e. The van der Waals surface area contributed by atoms with Gasteiger partial charge in [-0.25, -0.2) is 0 Å². The summed E-state index contributed by atoms with van der Waals surface area (Å²) in [7, 11) is 0. The Morgan fingerprint density at radius 1 is 1.05 bits per heavy atom. The molecule has 0 atom stereocenters. The van der Waals surface area contributed by atoms with Gasteiger partial charge in [0.05, 0.1) is 10.4 Å². The number of halogens is 1. The van der Waals surface area contributed by atoms with Crippen LogP contribution in [-0.4, -0.2) is 0 Å². The molecular weight excluding hydrogens is 286 g/mol. The van der Waals surface area contributed by atoms with E-state index in [1.807, 2.05) is 26.0 Å². The van der Waals surface area contributed by atoms with Crippen molar-refractivity contribution in [3.8, 4) is 11.3 Å². The fourth-order valence-corrected chi connectivity index (χ4v) is 2.49. The van der Waals surface area contributed by atoms with Crippen molar-refractivity contribution in [2.45, 2.75) is 13.8 Å². The minimum atomic E-state index is -0.0900. The Kier molecular flexibility index (Phi) is 3.22. The number of hydrogen-bond acceptors (Lipinski definition) is 3. The van der Waals surface area contributed by atoms with Crippen LogP contribution in [0.15, 0.2) is 45.6 Å². The van der Waals surface area contributed by atoms with Gasteiger partial charge >= 0.3 is 0 Å². The maximum Gasteiger partial charge on any atom is 0.193 e. The highest BCUT2D eigenvalue weighted by molar-refractivity contribution is 6.33. The number of benzene rings is 2. The Morgan fingerprint density at radius 3 is 2.52 bits per heavy atom. The predicted molar refractivity (Wildman–Crippen MR) is 86.8 cm³/mol. The molecular formula is C17H14ClNO2. The van der Waals surface area contributed by atoms with E-state index in [-0.39, 0.29) is 5.43 Å². The summed E-state index contributed by atoms with van der Waals surface area (Å²) >= 11 is 6.17. The van der Waals surface area contributed by atoms with E-state index in [1.54, 1.807) is 18.2 Å². The standard InChI is InChI=1S/C17H14ClNO2/c1-9-5-13-15(20)8-17(21-16(13)6-10(9)2)12-7-11(19)3-4-14(12)18/h3-8H,19H2,1-2H3. The number of rotatable bonds is 1. The van der Waals surface area contributed by atoms with Gasteiger partial charge in [-0.3, -0.25) is 4.79 Å². The van der Waals surface area contributed by atoms with Crippen molar-refractivity contribution in [3.05, 3.63) is 62.8 Å². The number of anilines is 1. The smallest absolute Gasteiger partial charge is 0.193 e. The highest BCUT2D eigenvalue weighted by Gasteiger charge is 2.11. The van der Waals surface area contributed by atoms with E-state index in [4.69, 9.17) is 21.8 Å². The minimum absolute atomic E-state index is 0.0900. The molecule has 3 rings (SSSR count). The lowest BCUT2D eigenvalue weighted by Crippen LogP contribution is -2.01. The Bertz CT molecular complexity index is 913. The average Bonchev–Trinajstić information content (AvgIpc) is 2.43. The van der Waals surface area contributed by atoms with Crippen molar-refractivity contribution in [2.75, 3.05) is 5.73 Å². The van der Waals surface area contributed by atoms with Gasteiger partial charge in [0.15, 0.2) is 5.43 Å². The van der Waals surface area contributed by atoms with Crippen molar-refractivity contribution in [2.24, 2.45) is 0 Å². The lowest BCUT2D eigenvalue weighted by atomic mass is 10.1. The maximum absolute atomic E-state index is 12.3. The Morgan fingerprint density at radius 2 is 1.76 bits per heavy atom. The number of hydrogen-bond donors (Lipinski definition) is 1. The molecule has 0 bridgehead atoms. The molecule has 0 saturated heterocycles. The van der Waals surface area contributed by atoms with Crippen LogP contribution in [0.25, 0.3) is 22.3 Å². The van der Waals surface area contributed by atoms with Crippen molar-refractivity contribution in [1.29, 1.82) is 0 Å². The van der Waals surface area contributed by atoms with Crippen LogP contribution in [0, 0.1) is 13.8 Å². The largest absolute Gasteiger partial charge is 0.456 e. The van der Waals surface area contributed by atoms with Gasteiger partial charge in [0.1, 0.15) is 11.3 Å². The van der Waals surface area contributed by atoms with E-state index >= 15 is 0 Å².